The van der Waals surface area contributed by atoms with Gasteiger partial charge in [-0.15, -0.1) is 0 Å². The number of nitro groups is 1. The fourth-order valence-electron chi connectivity index (χ4n) is 2.72. The van der Waals surface area contributed by atoms with Gasteiger partial charge in [0.1, 0.15) is 18.8 Å². The summed E-state index contributed by atoms with van der Waals surface area (Å²) in [5, 5.41) is 21.0. The Bertz CT molecular complexity index is 684. The lowest BCUT2D eigenvalue weighted by Gasteiger charge is -2.32. The van der Waals surface area contributed by atoms with Crippen LogP contribution in [-0.4, -0.2) is 36.2 Å². The van der Waals surface area contributed by atoms with Crippen molar-refractivity contribution in [2.45, 2.75) is 0 Å². The highest BCUT2D eigenvalue weighted by Gasteiger charge is 2.31. The molecule has 1 fully saturated rings. The summed E-state index contributed by atoms with van der Waals surface area (Å²) in [6, 6.07) is 10.3. The van der Waals surface area contributed by atoms with E-state index in [9.17, 15) is 15.2 Å². The zero-order chi connectivity index (χ0) is 15.5. The number of aromatic amines is 1. The molecule has 7 nitrogen and oxygen atoms in total. The molecule has 2 heterocycles. The van der Waals surface area contributed by atoms with E-state index in [0.29, 0.717) is 32.0 Å². The molecule has 1 saturated heterocycles. The predicted molar refractivity (Wildman–Crippen MR) is 82.2 cm³/mol. The van der Waals surface area contributed by atoms with Gasteiger partial charge in [0.15, 0.2) is 0 Å². The molecule has 0 radical (unpaired) electrons. The molecule has 1 aromatic heterocycles. The summed E-state index contributed by atoms with van der Waals surface area (Å²) in [6.07, 6.45) is 1.69. The average Bonchev–Trinajstić information content (AvgIpc) is 2.55. The SMILES string of the molecule is O=[N+]([O-])c1ccc[nH+]c1N1CCN(c2ccccc2O)CC1. The molecule has 2 N–H and O–H groups in total. The molecule has 1 aliphatic heterocycles. The number of phenolic OH excluding ortho intramolecular Hbond substituents is 1. The standard InChI is InChI=1S/C15H16N4O3/c20-14-6-2-1-4-12(14)17-8-10-18(11-9-17)15-13(19(21)22)5-3-7-16-15/h1-7,20H,8-11H2/p+1. The van der Waals surface area contributed by atoms with Crippen LogP contribution < -0.4 is 14.8 Å². The fourth-order valence-corrected chi connectivity index (χ4v) is 2.72. The Balaban J connectivity index is 1.75. The molecule has 0 spiro atoms. The molecule has 0 bridgehead atoms. The van der Waals surface area contributed by atoms with Crippen molar-refractivity contribution in [3.8, 4) is 5.75 Å². The number of aromatic hydroxyl groups is 1. The number of hydrogen-bond donors (Lipinski definition) is 1. The van der Waals surface area contributed by atoms with E-state index in [1.807, 2.05) is 17.0 Å². The summed E-state index contributed by atoms with van der Waals surface area (Å²) in [4.78, 5) is 17.8. The zero-order valence-corrected chi connectivity index (χ0v) is 12.0. The van der Waals surface area contributed by atoms with Gasteiger partial charge in [0, 0.05) is 6.07 Å². The second kappa shape index (κ2) is 5.88. The van der Waals surface area contributed by atoms with Gasteiger partial charge in [-0.25, -0.2) is 4.98 Å². The molecule has 0 aliphatic carbocycles. The Morgan fingerprint density at radius 1 is 1.05 bits per heavy atom. The predicted octanol–water partition coefficient (Wildman–Crippen LogP) is 1.44. The lowest BCUT2D eigenvalue weighted by molar-refractivity contribution is -0.411. The van der Waals surface area contributed by atoms with Crippen molar-refractivity contribution >= 4 is 17.2 Å². The summed E-state index contributed by atoms with van der Waals surface area (Å²) in [5.74, 6) is 0.789. The van der Waals surface area contributed by atoms with Crippen LogP contribution in [0.1, 0.15) is 0 Å². The van der Waals surface area contributed by atoms with E-state index in [2.05, 4.69) is 9.88 Å². The molecule has 0 amide bonds. The molecule has 2 aromatic rings. The number of phenols is 1. The third-order valence-electron chi connectivity index (χ3n) is 3.83. The second-order valence-corrected chi connectivity index (χ2v) is 5.12. The first-order valence-corrected chi connectivity index (χ1v) is 7.10. The second-order valence-electron chi connectivity index (χ2n) is 5.12. The van der Waals surface area contributed by atoms with Crippen molar-refractivity contribution in [3.63, 3.8) is 0 Å². The lowest BCUT2D eigenvalue weighted by atomic mass is 10.2. The number of piperazine rings is 1. The highest BCUT2D eigenvalue weighted by molar-refractivity contribution is 5.60. The number of nitrogens with zero attached hydrogens (tertiary/aromatic N) is 3. The molecular formula is C15H17N4O3+. The van der Waals surface area contributed by atoms with Crippen molar-refractivity contribution in [2.75, 3.05) is 36.0 Å². The highest BCUT2D eigenvalue weighted by Crippen LogP contribution is 2.29. The first kappa shape index (κ1) is 14.1. The van der Waals surface area contributed by atoms with E-state index in [1.54, 1.807) is 24.4 Å². The minimum atomic E-state index is -0.374. The van der Waals surface area contributed by atoms with Crippen LogP contribution >= 0.6 is 0 Å². The smallest absolute Gasteiger partial charge is 0.357 e. The number of para-hydroxylation sites is 2. The monoisotopic (exact) mass is 301 g/mol. The summed E-state index contributed by atoms with van der Waals surface area (Å²) in [5.41, 5.74) is 0.882. The van der Waals surface area contributed by atoms with Gasteiger partial charge < -0.3 is 10.0 Å². The van der Waals surface area contributed by atoms with Crippen molar-refractivity contribution in [2.24, 2.45) is 0 Å². The fraction of sp³-hybridized carbons (Fsp3) is 0.267. The number of rotatable bonds is 3. The van der Waals surface area contributed by atoms with Crippen molar-refractivity contribution in [3.05, 3.63) is 52.7 Å². The Hall–Kier alpha value is -2.83. The quantitative estimate of drug-likeness (QED) is 0.685. The van der Waals surface area contributed by atoms with Gasteiger partial charge in [-0.2, -0.15) is 0 Å². The van der Waals surface area contributed by atoms with E-state index >= 15 is 0 Å². The van der Waals surface area contributed by atoms with E-state index in [-0.39, 0.29) is 16.4 Å². The minimum absolute atomic E-state index is 0.0820. The minimum Gasteiger partial charge on any atom is -0.506 e. The highest BCUT2D eigenvalue weighted by atomic mass is 16.6. The van der Waals surface area contributed by atoms with Crippen LogP contribution in [0.5, 0.6) is 5.75 Å². The molecule has 1 aromatic carbocycles. The van der Waals surface area contributed by atoms with Crippen LogP contribution in [-0.2, 0) is 0 Å². The number of benzene rings is 1. The van der Waals surface area contributed by atoms with Crippen molar-refractivity contribution in [1.82, 2.24) is 0 Å². The van der Waals surface area contributed by atoms with Gasteiger partial charge in [-0.3, -0.25) is 15.0 Å². The van der Waals surface area contributed by atoms with Gasteiger partial charge in [-0.1, -0.05) is 12.1 Å². The van der Waals surface area contributed by atoms with Gasteiger partial charge >= 0.3 is 11.5 Å². The maximum Gasteiger partial charge on any atom is 0.357 e. The third-order valence-corrected chi connectivity index (χ3v) is 3.83. The Labute approximate surface area is 127 Å². The molecule has 0 saturated carbocycles. The van der Waals surface area contributed by atoms with Gasteiger partial charge in [0.25, 0.3) is 0 Å². The van der Waals surface area contributed by atoms with E-state index in [0.717, 1.165) is 5.69 Å². The number of aromatic nitrogens is 1. The Morgan fingerprint density at radius 3 is 2.41 bits per heavy atom. The van der Waals surface area contributed by atoms with Gasteiger partial charge in [0.2, 0.25) is 0 Å². The normalized spacial score (nSPS) is 14.9. The lowest BCUT2D eigenvalue weighted by Crippen LogP contribution is -2.48. The van der Waals surface area contributed by atoms with Crippen LogP contribution in [0.2, 0.25) is 0 Å². The van der Waals surface area contributed by atoms with Gasteiger partial charge in [0.05, 0.1) is 29.9 Å². The van der Waals surface area contributed by atoms with Gasteiger partial charge in [-0.05, 0) is 18.2 Å². The first-order chi connectivity index (χ1) is 10.7. The molecule has 0 unspecified atom stereocenters. The van der Waals surface area contributed by atoms with E-state index in [4.69, 9.17) is 0 Å². The Morgan fingerprint density at radius 2 is 1.73 bits per heavy atom. The molecule has 7 heteroatoms. The third kappa shape index (κ3) is 2.65. The summed E-state index contributed by atoms with van der Waals surface area (Å²) >= 11 is 0. The zero-order valence-electron chi connectivity index (χ0n) is 12.0. The first-order valence-electron chi connectivity index (χ1n) is 7.10. The van der Waals surface area contributed by atoms with Crippen molar-refractivity contribution < 1.29 is 15.0 Å². The molecule has 1 aliphatic rings. The summed E-state index contributed by atoms with van der Waals surface area (Å²) in [7, 11) is 0. The number of pyridine rings is 1. The van der Waals surface area contributed by atoms with Crippen molar-refractivity contribution in [1.29, 1.82) is 0 Å². The number of H-pyrrole nitrogens is 1. The molecule has 0 atom stereocenters. The summed E-state index contributed by atoms with van der Waals surface area (Å²) < 4.78 is 0. The number of hydrogen-bond acceptors (Lipinski definition) is 5. The molecule has 22 heavy (non-hydrogen) atoms. The van der Waals surface area contributed by atoms with E-state index in [1.165, 1.54) is 6.07 Å². The maximum absolute atomic E-state index is 11.1. The molecular weight excluding hydrogens is 284 g/mol. The maximum atomic E-state index is 11.1. The van der Waals surface area contributed by atoms with Crippen LogP contribution in [0.4, 0.5) is 17.2 Å². The van der Waals surface area contributed by atoms with Crippen LogP contribution in [0, 0.1) is 10.1 Å². The van der Waals surface area contributed by atoms with Crippen LogP contribution in [0.3, 0.4) is 0 Å². The number of nitrogens with one attached hydrogen (secondary N) is 1. The average molecular weight is 301 g/mol. The summed E-state index contributed by atoms with van der Waals surface area (Å²) in [6.45, 7) is 2.68. The largest absolute Gasteiger partial charge is 0.506 e. The van der Waals surface area contributed by atoms with E-state index < -0.39 is 0 Å². The van der Waals surface area contributed by atoms with Crippen LogP contribution in [0.25, 0.3) is 0 Å². The van der Waals surface area contributed by atoms with Crippen LogP contribution in [0.15, 0.2) is 42.6 Å². The molecule has 114 valence electrons. The molecule has 3 rings (SSSR count). The Kier molecular flexibility index (Phi) is 3.78. The number of anilines is 2. The topological polar surface area (TPSA) is 84.0 Å².